The monoisotopic (exact) mass is 448 g/mol. The van der Waals surface area contributed by atoms with Gasteiger partial charge < -0.3 is 19.6 Å². The van der Waals surface area contributed by atoms with Crippen molar-refractivity contribution in [3.63, 3.8) is 0 Å². The Morgan fingerprint density at radius 3 is 1.61 bits per heavy atom. The lowest BCUT2D eigenvalue weighted by molar-refractivity contribution is -0.144. The smallest absolute Gasteiger partial charge is 0.329 e. The first kappa shape index (κ1) is 23.5. The molecule has 33 heavy (non-hydrogen) atoms. The zero-order chi connectivity index (χ0) is 23.8. The molecule has 0 saturated heterocycles. The van der Waals surface area contributed by atoms with E-state index in [1.807, 2.05) is 12.1 Å². The summed E-state index contributed by atoms with van der Waals surface area (Å²) in [6, 6.07) is 16.2. The molecular formula is C25H24N2O6. The van der Waals surface area contributed by atoms with Gasteiger partial charge in [0.25, 0.3) is 11.8 Å². The van der Waals surface area contributed by atoms with Crippen LogP contribution in [0.5, 0.6) is 0 Å². The van der Waals surface area contributed by atoms with E-state index in [1.165, 1.54) is 23.1 Å². The molecule has 2 amide bonds. The van der Waals surface area contributed by atoms with Gasteiger partial charge in [0, 0.05) is 23.5 Å². The van der Waals surface area contributed by atoms with Crippen LogP contribution in [0.15, 0.2) is 85.2 Å². The standard InChI is InChI=1S/C13H13NO3.C12H11NO3/c1-17-13(16)11-8-5-9-14(11)12(15)10-6-3-2-4-7-10;14-11(9-5-2-1-3-6-9)13-8-4-7-10(13)12(15)16/h2-7,9,11H,8H2,1H3;1-6,8,10H,7H2,(H,15,16)/t11-;10-/m00/s1. The third-order valence-electron chi connectivity index (χ3n) is 5.19. The first-order valence-corrected chi connectivity index (χ1v) is 10.3. The highest BCUT2D eigenvalue weighted by Gasteiger charge is 2.32. The number of amides is 2. The van der Waals surface area contributed by atoms with E-state index in [0.717, 1.165) is 0 Å². The van der Waals surface area contributed by atoms with E-state index >= 15 is 0 Å². The molecule has 0 fully saturated rings. The summed E-state index contributed by atoms with van der Waals surface area (Å²) >= 11 is 0. The molecule has 0 aliphatic carbocycles. The van der Waals surface area contributed by atoms with E-state index in [0.29, 0.717) is 24.0 Å². The Morgan fingerprint density at radius 2 is 1.18 bits per heavy atom. The molecule has 4 rings (SSSR count). The maximum atomic E-state index is 12.1. The lowest BCUT2D eigenvalue weighted by atomic mass is 10.1. The molecule has 0 radical (unpaired) electrons. The first-order chi connectivity index (χ1) is 15.9. The third-order valence-corrected chi connectivity index (χ3v) is 5.19. The molecule has 8 heteroatoms. The molecular weight excluding hydrogens is 424 g/mol. The van der Waals surface area contributed by atoms with Gasteiger partial charge in [-0.25, -0.2) is 9.59 Å². The summed E-state index contributed by atoms with van der Waals surface area (Å²) in [6.07, 6.45) is 7.53. The number of hydrogen-bond acceptors (Lipinski definition) is 5. The number of aliphatic carboxylic acids is 1. The van der Waals surface area contributed by atoms with E-state index < -0.39 is 18.1 Å². The topological polar surface area (TPSA) is 104 Å². The zero-order valence-corrected chi connectivity index (χ0v) is 18.0. The molecule has 2 aliphatic rings. The van der Waals surface area contributed by atoms with Gasteiger partial charge in [-0.3, -0.25) is 9.59 Å². The second-order valence-corrected chi connectivity index (χ2v) is 7.29. The largest absolute Gasteiger partial charge is 0.480 e. The van der Waals surface area contributed by atoms with Crippen LogP contribution < -0.4 is 0 Å². The average molecular weight is 448 g/mol. The minimum absolute atomic E-state index is 0.185. The van der Waals surface area contributed by atoms with Gasteiger partial charge in [0.2, 0.25) is 0 Å². The van der Waals surface area contributed by atoms with Crippen LogP contribution >= 0.6 is 0 Å². The minimum Gasteiger partial charge on any atom is -0.480 e. The molecule has 2 atom stereocenters. The van der Waals surface area contributed by atoms with Crippen molar-refractivity contribution in [2.45, 2.75) is 24.9 Å². The van der Waals surface area contributed by atoms with Crippen molar-refractivity contribution in [3.8, 4) is 0 Å². The Kier molecular flexibility index (Phi) is 7.75. The number of nitrogens with zero attached hydrogens (tertiary/aromatic N) is 2. The Bertz CT molecular complexity index is 1060. The van der Waals surface area contributed by atoms with Gasteiger partial charge in [-0.15, -0.1) is 0 Å². The highest BCUT2D eigenvalue weighted by Crippen LogP contribution is 2.19. The summed E-state index contributed by atoms with van der Waals surface area (Å²) in [5, 5.41) is 8.95. The second kappa shape index (κ2) is 10.9. The number of carbonyl (C=O) groups is 4. The fourth-order valence-corrected chi connectivity index (χ4v) is 3.49. The van der Waals surface area contributed by atoms with Crippen LogP contribution in [-0.2, 0) is 14.3 Å². The van der Waals surface area contributed by atoms with Crippen molar-refractivity contribution in [1.29, 1.82) is 0 Å². The van der Waals surface area contributed by atoms with Crippen molar-refractivity contribution in [2.24, 2.45) is 0 Å². The predicted molar refractivity (Wildman–Crippen MR) is 120 cm³/mol. The molecule has 2 aliphatic heterocycles. The van der Waals surface area contributed by atoms with Gasteiger partial charge in [-0.1, -0.05) is 48.6 Å². The number of esters is 1. The van der Waals surface area contributed by atoms with E-state index in [4.69, 9.17) is 5.11 Å². The predicted octanol–water partition coefficient (Wildman–Crippen LogP) is 3.09. The molecule has 0 aromatic heterocycles. The van der Waals surface area contributed by atoms with Gasteiger partial charge in [-0.05, 0) is 37.1 Å². The molecule has 1 N–H and O–H groups in total. The van der Waals surface area contributed by atoms with Crippen LogP contribution in [-0.4, -0.2) is 57.9 Å². The zero-order valence-electron chi connectivity index (χ0n) is 18.0. The van der Waals surface area contributed by atoms with Gasteiger partial charge in [0.1, 0.15) is 12.1 Å². The number of ether oxygens (including phenoxy) is 1. The van der Waals surface area contributed by atoms with Crippen molar-refractivity contribution >= 4 is 23.8 Å². The summed E-state index contributed by atoms with van der Waals surface area (Å²) in [7, 11) is 1.33. The highest BCUT2D eigenvalue weighted by molar-refractivity contribution is 5.98. The van der Waals surface area contributed by atoms with E-state index in [2.05, 4.69) is 4.74 Å². The van der Waals surface area contributed by atoms with Crippen LogP contribution in [0, 0.1) is 0 Å². The van der Waals surface area contributed by atoms with Gasteiger partial charge in [0.15, 0.2) is 0 Å². The summed E-state index contributed by atoms with van der Waals surface area (Å²) in [6.45, 7) is 0. The molecule has 0 unspecified atom stereocenters. The number of carboxylic acid groups (broad SMARTS) is 1. The number of carbonyl (C=O) groups excluding carboxylic acids is 3. The summed E-state index contributed by atoms with van der Waals surface area (Å²) in [4.78, 5) is 49.2. The van der Waals surface area contributed by atoms with Crippen LogP contribution in [0.25, 0.3) is 0 Å². The Balaban J connectivity index is 0.000000186. The van der Waals surface area contributed by atoms with Gasteiger partial charge in [-0.2, -0.15) is 0 Å². The van der Waals surface area contributed by atoms with Crippen LogP contribution in [0.4, 0.5) is 0 Å². The molecule has 0 bridgehead atoms. The molecule has 170 valence electrons. The lowest BCUT2D eigenvalue weighted by Gasteiger charge is -2.21. The average Bonchev–Trinajstić information content (AvgIpc) is 3.54. The van der Waals surface area contributed by atoms with Gasteiger partial charge in [0.05, 0.1) is 7.11 Å². The highest BCUT2D eigenvalue weighted by atomic mass is 16.5. The minimum atomic E-state index is -0.978. The van der Waals surface area contributed by atoms with Gasteiger partial charge >= 0.3 is 11.9 Å². The summed E-state index contributed by atoms with van der Waals surface area (Å²) < 4.78 is 4.68. The lowest BCUT2D eigenvalue weighted by Crippen LogP contribution is -2.39. The Hall–Kier alpha value is -4.20. The van der Waals surface area contributed by atoms with Crippen LogP contribution in [0.2, 0.25) is 0 Å². The van der Waals surface area contributed by atoms with Crippen LogP contribution in [0.3, 0.4) is 0 Å². The fraction of sp³-hybridized carbons (Fsp3) is 0.200. The molecule has 2 aromatic carbocycles. The third kappa shape index (κ3) is 5.54. The van der Waals surface area contributed by atoms with Crippen molar-refractivity contribution in [1.82, 2.24) is 9.80 Å². The SMILES string of the molecule is COC(=O)[C@@H]1CC=CN1C(=O)c1ccccc1.O=C(O)[C@@H]1CC=CN1C(=O)c1ccccc1. The normalized spacial score (nSPS) is 18.5. The van der Waals surface area contributed by atoms with Crippen molar-refractivity contribution in [2.75, 3.05) is 7.11 Å². The summed E-state index contributed by atoms with van der Waals surface area (Å²) in [5.41, 5.74) is 1.06. The Labute approximate surface area is 191 Å². The Morgan fingerprint density at radius 1 is 0.758 bits per heavy atom. The second-order valence-electron chi connectivity index (χ2n) is 7.29. The van der Waals surface area contributed by atoms with Crippen molar-refractivity contribution in [3.05, 3.63) is 96.3 Å². The van der Waals surface area contributed by atoms with Crippen LogP contribution in [0.1, 0.15) is 33.6 Å². The maximum absolute atomic E-state index is 12.1. The molecule has 0 spiro atoms. The van der Waals surface area contributed by atoms with E-state index in [-0.39, 0.29) is 17.8 Å². The maximum Gasteiger partial charge on any atom is 0.329 e. The quantitative estimate of drug-likeness (QED) is 0.721. The first-order valence-electron chi connectivity index (χ1n) is 10.3. The van der Waals surface area contributed by atoms with E-state index in [9.17, 15) is 19.2 Å². The summed E-state index contributed by atoms with van der Waals surface area (Å²) in [5.74, 6) is -1.83. The number of carboxylic acids is 1. The van der Waals surface area contributed by atoms with Crippen molar-refractivity contribution < 1.29 is 29.0 Å². The molecule has 0 saturated carbocycles. The number of rotatable bonds is 4. The molecule has 2 heterocycles. The molecule has 8 nitrogen and oxygen atoms in total. The fourth-order valence-electron chi connectivity index (χ4n) is 3.49. The van der Waals surface area contributed by atoms with E-state index in [1.54, 1.807) is 66.9 Å². The number of hydrogen-bond donors (Lipinski definition) is 1. The molecule has 2 aromatic rings. The number of benzene rings is 2. The number of methoxy groups -OCH3 is 1.